The van der Waals surface area contributed by atoms with E-state index in [4.69, 9.17) is 21.1 Å². The van der Waals surface area contributed by atoms with Crippen molar-refractivity contribution in [3.8, 4) is 0 Å². The zero-order valence-electron chi connectivity index (χ0n) is 22.1. The molecule has 0 spiro atoms. The van der Waals surface area contributed by atoms with E-state index < -0.39 is 6.10 Å². The Balaban J connectivity index is 1.49. The van der Waals surface area contributed by atoms with E-state index in [1.165, 1.54) is 0 Å². The highest BCUT2D eigenvalue weighted by atomic mass is 35.5. The number of ether oxygens (including phenoxy) is 2. The third-order valence-corrected chi connectivity index (χ3v) is 9.20. The Hall–Kier alpha value is -1.57. The third-order valence-electron chi connectivity index (χ3n) is 7.98. The van der Waals surface area contributed by atoms with Crippen molar-refractivity contribution in [2.24, 2.45) is 5.92 Å². The molecule has 1 saturated carbocycles. The summed E-state index contributed by atoms with van der Waals surface area (Å²) in [7, 11) is 1.80. The van der Waals surface area contributed by atoms with E-state index in [1.807, 2.05) is 61.7 Å². The molecule has 0 aromatic heterocycles. The van der Waals surface area contributed by atoms with E-state index in [1.54, 1.807) is 23.7 Å². The van der Waals surface area contributed by atoms with Crippen molar-refractivity contribution in [1.29, 1.82) is 0 Å². The molecule has 1 amide bonds. The predicted octanol–water partition coefficient (Wildman–Crippen LogP) is 6.83. The van der Waals surface area contributed by atoms with Gasteiger partial charge in [-0.05, 0) is 87.3 Å². The van der Waals surface area contributed by atoms with Crippen LogP contribution >= 0.6 is 23.4 Å². The van der Waals surface area contributed by atoms with Gasteiger partial charge in [0, 0.05) is 18.6 Å². The number of aliphatic hydroxyl groups excluding tert-OH is 1. The van der Waals surface area contributed by atoms with Gasteiger partial charge in [-0.3, -0.25) is 4.79 Å². The maximum Gasteiger partial charge on any atom is 0.230 e. The fraction of sp³-hybridized carbons (Fsp3) is 0.567. The monoisotopic (exact) mass is 545 g/mol. The number of thioether (sulfide) groups is 1. The number of benzene rings is 2. The normalized spacial score (nSPS) is 24.4. The molecule has 0 bridgehead atoms. The van der Waals surface area contributed by atoms with Gasteiger partial charge in [-0.1, -0.05) is 48.0 Å². The van der Waals surface area contributed by atoms with Crippen LogP contribution in [0.3, 0.4) is 0 Å². The van der Waals surface area contributed by atoms with E-state index in [0.717, 1.165) is 67.6 Å². The molecule has 4 rings (SSSR count). The quantitative estimate of drug-likeness (QED) is 0.332. The van der Waals surface area contributed by atoms with Crippen LogP contribution in [0.15, 0.2) is 53.4 Å². The first-order valence-electron chi connectivity index (χ1n) is 13.5. The second-order valence-corrected chi connectivity index (χ2v) is 11.7. The molecule has 5 nitrogen and oxygen atoms in total. The molecule has 7 heteroatoms. The Bertz CT molecular complexity index is 1020. The number of halogens is 1. The number of hydrogen-bond acceptors (Lipinski definition) is 5. The third kappa shape index (κ3) is 7.30. The first-order valence-corrected chi connectivity index (χ1v) is 15.1. The predicted molar refractivity (Wildman–Crippen MR) is 150 cm³/mol. The molecule has 2 aliphatic rings. The number of rotatable bonds is 10. The minimum absolute atomic E-state index is 0.00966. The van der Waals surface area contributed by atoms with Crippen LogP contribution in [0.2, 0.25) is 5.02 Å². The average Bonchev–Trinajstić information content (AvgIpc) is 3.37. The molecule has 2 aromatic carbocycles. The lowest BCUT2D eigenvalue weighted by Gasteiger charge is -2.33. The molecular weight excluding hydrogens is 506 g/mol. The largest absolute Gasteiger partial charge is 0.386 e. The second kappa shape index (κ2) is 13.5. The van der Waals surface area contributed by atoms with Crippen molar-refractivity contribution in [2.45, 2.75) is 87.2 Å². The fourth-order valence-electron chi connectivity index (χ4n) is 5.60. The van der Waals surface area contributed by atoms with Crippen molar-refractivity contribution < 1.29 is 19.4 Å². The summed E-state index contributed by atoms with van der Waals surface area (Å²) in [5.74, 6) is 0.0539. The Morgan fingerprint density at radius 2 is 1.95 bits per heavy atom. The fourth-order valence-corrected chi connectivity index (χ4v) is 6.48. The molecule has 1 saturated heterocycles. The number of aliphatic hydroxyl groups is 1. The Kier molecular flexibility index (Phi) is 10.4. The summed E-state index contributed by atoms with van der Waals surface area (Å²) in [6, 6.07) is 15.1. The van der Waals surface area contributed by atoms with E-state index in [9.17, 15) is 9.90 Å². The van der Waals surface area contributed by atoms with Crippen LogP contribution in [0.5, 0.6) is 0 Å². The summed E-state index contributed by atoms with van der Waals surface area (Å²) in [5.41, 5.74) is 1.74. The molecule has 1 heterocycles. The molecular formula is C30H40ClNO4S. The van der Waals surface area contributed by atoms with E-state index in [2.05, 4.69) is 0 Å². The zero-order valence-corrected chi connectivity index (χ0v) is 23.7. The minimum Gasteiger partial charge on any atom is -0.386 e. The summed E-state index contributed by atoms with van der Waals surface area (Å²) in [4.78, 5) is 16.7. The molecule has 1 aliphatic carbocycles. The van der Waals surface area contributed by atoms with Crippen LogP contribution < -0.4 is 0 Å². The minimum atomic E-state index is -0.766. The second-order valence-electron chi connectivity index (χ2n) is 10.5. The lowest BCUT2D eigenvalue weighted by Crippen LogP contribution is -2.42. The number of carbonyl (C=O) groups excluding carboxylic acids is 1. The molecule has 1 N–H and O–H groups in total. The summed E-state index contributed by atoms with van der Waals surface area (Å²) in [5, 5.41) is 11.7. The summed E-state index contributed by atoms with van der Waals surface area (Å²) in [6.45, 7) is 2.68. The van der Waals surface area contributed by atoms with Gasteiger partial charge in [-0.15, -0.1) is 11.8 Å². The number of hydrogen-bond donors (Lipinski definition) is 1. The van der Waals surface area contributed by atoms with Gasteiger partial charge < -0.3 is 19.5 Å². The van der Waals surface area contributed by atoms with Crippen LogP contribution in [0.25, 0.3) is 0 Å². The Labute approximate surface area is 230 Å². The van der Waals surface area contributed by atoms with Gasteiger partial charge in [-0.2, -0.15) is 0 Å². The smallest absolute Gasteiger partial charge is 0.230 e. The number of amides is 1. The van der Waals surface area contributed by atoms with Crippen LogP contribution in [0, 0.1) is 5.92 Å². The van der Waals surface area contributed by atoms with Crippen LogP contribution in [0.1, 0.15) is 75.0 Å². The van der Waals surface area contributed by atoms with Crippen LogP contribution in [-0.2, 0) is 14.3 Å². The lowest BCUT2D eigenvalue weighted by molar-refractivity contribution is -0.186. The van der Waals surface area contributed by atoms with Gasteiger partial charge in [-0.25, -0.2) is 0 Å². The first-order chi connectivity index (χ1) is 17.9. The van der Waals surface area contributed by atoms with Crippen molar-refractivity contribution in [1.82, 2.24) is 4.90 Å². The van der Waals surface area contributed by atoms with Gasteiger partial charge >= 0.3 is 0 Å². The molecule has 3 unspecified atom stereocenters. The van der Waals surface area contributed by atoms with Gasteiger partial charge in [0.25, 0.3) is 0 Å². The number of nitrogens with zero attached hydrogens (tertiary/aromatic N) is 1. The highest BCUT2D eigenvalue weighted by molar-refractivity contribution is 7.98. The average molecular weight is 546 g/mol. The highest BCUT2D eigenvalue weighted by Crippen LogP contribution is 2.39. The molecule has 2 fully saturated rings. The zero-order chi connectivity index (χ0) is 26.4. The van der Waals surface area contributed by atoms with Crippen LogP contribution in [-0.4, -0.2) is 54.3 Å². The summed E-state index contributed by atoms with van der Waals surface area (Å²) >= 11 is 8.18. The lowest BCUT2D eigenvalue weighted by atomic mass is 9.86. The van der Waals surface area contributed by atoms with Gasteiger partial charge in [0.15, 0.2) is 6.29 Å². The van der Waals surface area contributed by atoms with Gasteiger partial charge in [0.2, 0.25) is 5.91 Å². The number of carbonyl (C=O) groups is 1. The molecule has 37 heavy (non-hydrogen) atoms. The summed E-state index contributed by atoms with van der Waals surface area (Å²) in [6.07, 6.45) is 8.27. The van der Waals surface area contributed by atoms with E-state index in [-0.39, 0.29) is 30.3 Å². The summed E-state index contributed by atoms with van der Waals surface area (Å²) < 4.78 is 12.1. The van der Waals surface area contributed by atoms with E-state index >= 15 is 0 Å². The molecule has 2 aromatic rings. The Morgan fingerprint density at radius 1 is 1.16 bits per heavy atom. The van der Waals surface area contributed by atoms with Gasteiger partial charge in [0.1, 0.15) is 0 Å². The van der Waals surface area contributed by atoms with E-state index in [0.29, 0.717) is 10.9 Å². The SMILES string of the molecule is CSc1ccc([C@@H](CC2CCC(OC3CCCCO3)C2)C(=O)N(C)[C@H](C)[C@H](O)c2ccccc2)cc1Cl. The molecule has 6 atom stereocenters. The van der Waals surface area contributed by atoms with Crippen LogP contribution in [0.4, 0.5) is 0 Å². The maximum atomic E-state index is 14.0. The first kappa shape index (κ1) is 28.4. The number of likely N-dealkylation sites (N-methyl/N-ethyl adjacent to an activating group) is 1. The van der Waals surface area contributed by atoms with Crippen molar-refractivity contribution >= 4 is 29.3 Å². The molecule has 1 aliphatic heterocycles. The maximum absolute atomic E-state index is 14.0. The topological polar surface area (TPSA) is 59.0 Å². The molecule has 0 radical (unpaired) electrons. The molecule has 202 valence electrons. The standard InChI is InChI=1S/C30H40ClNO4S/c1-20(29(33)22-9-5-4-6-10-22)32(2)30(34)25(23-13-15-27(37-3)26(31)19-23)18-21-12-14-24(17-21)36-28-11-7-8-16-35-28/h4-6,9-10,13,15,19-21,24-25,28-29,33H,7-8,11-12,14,16-18H2,1-3H3/t20-,21?,24?,25-,28?,29+/m1/s1. The van der Waals surface area contributed by atoms with Crippen molar-refractivity contribution in [2.75, 3.05) is 19.9 Å². The van der Waals surface area contributed by atoms with Crippen molar-refractivity contribution in [3.05, 3.63) is 64.7 Å². The highest BCUT2D eigenvalue weighted by Gasteiger charge is 2.35. The Morgan fingerprint density at radius 3 is 2.62 bits per heavy atom. The van der Waals surface area contributed by atoms with Gasteiger partial charge in [0.05, 0.1) is 29.2 Å². The van der Waals surface area contributed by atoms with Crippen molar-refractivity contribution in [3.63, 3.8) is 0 Å².